The highest BCUT2D eigenvalue weighted by atomic mass is 16.5. The van der Waals surface area contributed by atoms with Crippen LogP contribution in [0.25, 0.3) is 0 Å². The molecule has 0 aliphatic rings. The summed E-state index contributed by atoms with van der Waals surface area (Å²) >= 11 is 0. The van der Waals surface area contributed by atoms with Gasteiger partial charge in [0.25, 0.3) is 0 Å². The number of aryl methyl sites for hydroxylation is 1. The minimum atomic E-state index is -0.363. The van der Waals surface area contributed by atoms with E-state index >= 15 is 0 Å². The first kappa shape index (κ1) is 12.1. The molecule has 0 fully saturated rings. The van der Waals surface area contributed by atoms with Crippen LogP contribution in [-0.2, 0) is 0 Å². The van der Waals surface area contributed by atoms with Gasteiger partial charge < -0.3 is 9.84 Å². The van der Waals surface area contributed by atoms with E-state index in [0.29, 0.717) is 0 Å². The Morgan fingerprint density at radius 1 is 1.33 bits per heavy atom. The van der Waals surface area contributed by atoms with Crippen LogP contribution in [0.4, 0.5) is 0 Å². The Balaban J connectivity index is 2.88. The summed E-state index contributed by atoms with van der Waals surface area (Å²) in [5.41, 5.74) is 2.08. The number of hydrogen-bond acceptors (Lipinski definition) is 2. The Kier molecular flexibility index (Phi) is 4.15. The maximum Gasteiger partial charge on any atom is 0.119 e. The molecule has 1 unspecified atom stereocenters. The van der Waals surface area contributed by atoms with Crippen molar-refractivity contribution >= 4 is 0 Å². The van der Waals surface area contributed by atoms with E-state index in [1.165, 1.54) is 0 Å². The lowest BCUT2D eigenvalue weighted by Gasteiger charge is -2.15. The van der Waals surface area contributed by atoms with Crippen molar-refractivity contribution in [2.24, 2.45) is 0 Å². The number of aliphatic hydroxyl groups excluding tert-OH is 1. The van der Waals surface area contributed by atoms with E-state index in [4.69, 9.17) is 4.74 Å². The fourth-order valence-corrected chi connectivity index (χ4v) is 1.59. The molecule has 1 aromatic rings. The van der Waals surface area contributed by atoms with Gasteiger partial charge in [-0.2, -0.15) is 0 Å². The molecule has 1 aromatic carbocycles. The van der Waals surface area contributed by atoms with Crippen LogP contribution in [0.5, 0.6) is 5.75 Å². The summed E-state index contributed by atoms with van der Waals surface area (Å²) in [7, 11) is 0. The molecule has 0 saturated carbocycles. The standard InChI is InChI=1S/C13H20O2/c1-5-13(14)12-7-6-11(8-10(12)4)15-9(2)3/h6-9,13-14H,5H2,1-4H3. The molecule has 0 aromatic heterocycles. The van der Waals surface area contributed by atoms with Gasteiger partial charge in [-0.15, -0.1) is 0 Å². The van der Waals surface area contributed by atoms with Crippen molar-refractivity contribution in [1.29, 1.82) is 0 Å². The molecule has 0 bridgehead atoms. The van der Waals surface area contributed by atoms with E-state index in [0.717, 1.165) is 23.3 Å². The predicted molar refractivity (Wildman–Crippen MR) is 62.2 cm³/mol. The zero-order valence-corrected chi connectivity index (χ0v) is 9.95. The molecule has 0 saturated heterocycles. The maximum atomic E-state index is 9.74. The molecule has 0 radical (unpaired) electrons. The van der Waals surface area contributed by atoms with Gasteiger partial charge in [-0.05, 0) is 50.5 Å². The van der Waals surface area contributed by atoms with Crippen LogP contribution < -0.4 is 4.74 Å². The van der Waals surface area contributed by atoms with E-state index in [9.17, 15) is 5.11 Å². The van der Waals surface area contributed by atoms with Crippen molar-refractivity contribution in [2.45, 2.75) is 46.3 Å². The number of hydrogen-bond donors (Lipinski definition) is 1. The molecule has 1 rings (SSSR count). The van der Waals surface area contributed by atoms with E-state index in [2.05, 4.69) is 0 Å². The molecule has 0 heterocycles. The van der Waals surface area contributed by atoms with Gasteiger partial charge in [-0.3, -0.25) is 0 Å². The Labute approximate surface area is 91.9 Å². The van der Waals surface area contributed by atoms with Crippen LogP contribution in [0.1, 0.15) is 44.4 Å². The second-order valence-corrected chi connectivity index (χ2v) is 4.11. The van der Waals surface area contributed by atoms with Crippen LogP contribution in [0.2, 0.25) is 0 Å². The van der Waals surface area contributed by atoms with Gasteiger partial charge in [0.05, 0.1) is 12.2 Å². The van der Waals surface area contributed by atoms with E-state index in [1.807, 2.05) is 45.9 Å². The average Bonchev–Trinajstić information content (AvgIpc) is 2.16. The highest BCUT2D eigenvalue weighted by molar-refractivity contribution is 5.36. The molecule has 0 amide bonds. The van der Waals surface area contributed by atoms with Crippen molar-refractivity contribution < 1.29 is 9.84 Å². The molecule has 0 aliphatic heterocycles. The minimum Gasteiger partial charge on any atom is -0.491 e. The van der Waals surface area contributed by atoms with E-state index in [1.54, 1.807) is 0 Å². The summed E-state index contributed by atoms with van der Waals surface area (Å²) in [5.74, 6) is 0.870. The zero-order chi connectivity index (χ0) is 11.4. The first-order chi connectivity index (χ1) is 7.04. The lowest BCUT2D eigenvalue weighted by molar-refractivity contribution is 0.172. The third-order valence-corrected chi connectivity index (χ3v) is 2.36. The smallest absolute Gasteiger partial charge is 0.119 e. The lowest BCUT2D eigenvalue weighted by atomic mass is 10.0. The SMILES string of the molecule is CCC(O)c1ccc(OC(C)C)cc1C. The van der Waals surface area contributed by atoms with Gasteiger partial charge in [-0.25, -0.2) is 0 Å². The van der Waals surface area contributed by atoms with E-state index < -0.39 is 0 Å². The molecule has 2 nitrogen and oxygen atoms in total. The number of benzene rings is 1. The molecule has 0 aliphatic carbocycles. The van der Waals surface area contributed by atoms with E-state index in [-0.39, 0.29) is 12.2 Å². The Hall–Kier alpha value is -1.02. The number of aliphatic hydroxyl groups is 1. The van der Waals surface area contributed by atoms with Crippen molar-refractivity contribution in [3.05, 3.63) is 29.3 Å². The second-order valence-electron chi connectivity index (χ2n) is 4.11. The molecule has 84 valence electrons. The summed E-state index contributed by atoms with van der Waals surface area (Å²) in [6.07, 6.45) is 0.565. The fraction of sp³-hybridized carbons (Fsp3) is 0.538. The van der Waals surface area contributed by atoms with Gasteiger partial charge in [0.2, 0.25) is 0 Å². The van der Waals surface area contributed by atoms with Crippen LogP contribution in [0, 0.1) is 6.92 Å². The van der Waals surface area contributed by atoms with Crippen molar-refractivity contribution in [2.75, 3.05) is 0 Å². The van der Waals surface area contributed by atoms with Gasteiger partial charge in [-0.1, -0.05) is 13.0 Å². The van der Waals surface area contributed by atoms with Crippen LogP contribution in [-0.4, -0.2) is 11.2 Å². The molecule has 0 spiro atoms. The first-order valence-electron chi connectivity index (χ1n) is 5.49. The summed E-state index contributed by atoms with van der Waals surface area (Å²) in [5, 5.41) is 9.74. The average molecular weight is 208 g/mol. The largest absolute Gasteiger partial charge is 0.491 e. The quantitative estimate of drug-likeness (QED) is 0.823. The second kappa shape index (κ2) is 5.17. The molecule has 15 heavy (non-hydrogen) atoms. The third-order valence-electron chi connectivity index (χ3n) is 2.36. The van der Waals surface area contributed by atoms with Crippen molar-refractivity contribution in [3.63, 3.8) is 0 Å². The topological polar surface area (TPSA) is 29.5 Å². The number of ether oxygens (including phenoxy) is 1. The summed E-state index contributed by atoms with van der Waals surface area (Å²) in [4.78, 5) is 0. The van der Waals surface area contributed by atoms with Crippen LogP contribution in [0.3, 0.4) is 0 Å². The molecule has 1 atom stereocenters. The van der Waals surface area contributed by atoms with Gasteiger partial charge in [0, 0.05) is 0 Å². The third kappa shape index (κ3) is 3.24. The minimum absolute atomic E-state index is 0.186. The Bertz CT molecular complexity index is 318. The van der Waals surface area contributed by atoms with Crippen LogP contribution in [0.15, 0.2) is 18.2 Å². The molecule has 1 N–H and O–H groups in total. The fourth-order valence-electron chi connectivity index (χ4n) is 1.59. The van der Waals surface area contributed by atoms with Crippen molar-refractivity contribution in [1.82, 2.24) is 0 Å². The monoisotopic (exact) mass is 208 g/mol. The Morgan fingerprint density at radius 2 is 2.00 bits per heavy atom. The highest BCUT2D eigenvalue weighted by Gasteiger charge is 2.09. The summed E-state index contributed by atoms with van der Waals surface area (Å²) < 4.78 is 5.58. The Morgan fingerprint density at radius 3 is 2.47 bits per heavy atom. The number of rotatable bonds is 4. The lowest BCUT2D eigenvalue weighted by Crippen LogP contribution is -2.06. The van der Waals surface area contributed by atoms with Gasteiger partial charge >= 0.3 is 0 Å². The molecular weight excluding hydrogens is 188 g/mol. The predicted octanol–water partition coefficient (Wildman–Crippen LogP) is 3.23. The highest BCUT2D eigenvalue weighted by Crippen LogP contribution is 2.24. The zero-order valence-electron chi connectivity index (χ0n) is 9.95. The summed E-state index contributed by atoms with van der Waals surface area (Å²) in [6.45, 7) is 7.98. The van der Waals surface area contributed by atoms with Crippen LogP contribution >= 0.6 is 0 Å². The molecular formula is C13H20O2. The maximum absolute atomic E-state index is 9.74. The van der Waals surface area contributed by atoms with Gasteiger partial charge in [0.15, 0.2) is 0 Å². The normalized spacial score (nSPS) is 12.9. The van der Waals surface area contributed by atoms with Crippen molar-refractivity contribution in [3.8, 4) is 5.75 Å². The molecule has 2 heteroatoms. The summed E-state index contributed by atoms with van der Waals surface area (Å²) in [6, 6.07) is 5.84. The van der Waals surface area contributed by atoms with Gasteiger partial charge in [0.1, 0.15) is 5.75 Å². The first-order valence-corrected chi connectivity index (χ1v) is 5.49.